The Labute approximate surface area is 186 Å². The first kappa shape index (κ1) is 23.0. The summed E-state index contributed by atoms with van der Waals surface area (Å²) in [7, 11) is 0. The van der Waals surface area contributed by atoms with E-state index < -0.39 is 0 Å². The van der Waals surface area contributed by atoms with Gasteiger partial charge in [-0.2, -0.15) is 5.10 Å². The van der Waals surface area contributed by atoms with E-state index in [4.69, 9.17) is 0 Å². The van der Waals surface area contributed by atoms with Gasteiger partial charge in [0.15, 0.2) is 0 Å². The minimum atomic E-state index is 0.0973. The molecule has 1 fully saturated rings. The van der Waals surface area contributed by atoms with Gasteiger partial charge in [0.1, 0.15) is 11.5 Å². The van der Waals surface area contributed by atoms with Gasteiger partial charge in [0, 0.05) is 24.2 Å². The van der Waals surface area contributed by atoms with Crippen LogP contribution in [0.3, 0.4) is 0 Å². The molecule has 0 unspecified atom stereocenters. The molecule has 2 heterocycles. The lowest BCUT2D eigenvalue weighted by Crippen LogP contribution is -2.09. The lowest BCUT2D eigenvalue weighted by molar-refractivity contribution is 0.102. The van der Waals surface area contributed by atoms with E-state index in [1.54, 1.807) is 12.3 Å². The number of aromatic nitrogens is 3. The zero-order valence-corrected chi connectivity index (χ0v) is 19.4. The van der Waals surface area contributed by atoms with Crippen molar-refractivity contribution in [3.63, 3.8) is 0 Å². The minimum absolute atomic E-state index is 0.0973. The first-order valence-corrected chi connectivity index (χ1v) is 11.6. The van der Waals surface area contributed by atoms with Crippen LogP contribution < -0.4 is 0 Å². The van der Waals surface area contributed by atoms with Crippen LogP contribution in [0.15, 0.2) is 46.7 Å². The third-order valence-electron chi connectivity index (χ3n) is 6.25. The van der Waals surface area contributed by atoms with Crippen molar-refractivity contribution in [2.75, 3.05) is 0 Å². The summed E-state index contributed by atoms with van der Waals surface area (Å²) >= 11 is 0. The molecule has 2 aromatic rings. The number of Topliss-reactive ketones (excluding diaryl/α,β-unsaturated/α-hetero) is 1. The Balaban J connectivity index is 1.82. The fourth-order valence-electron chi connectivity index (χ4n) is 4.12. The van der Waals surface area contributed by atoms with E-state index in [1.165, 1.54) is 16.7 Å². The van der Waals surface area contributed by atoms with Crippen molar-refractivity contribution < 1.29 is 4.79 Å². The Morgan fingerprint density at radius 2 is 2.03 bits per heavy atom. The fraction of sp³-hybridized carbons (Fsp3) is 0.500. The second kappa shape index (κ2) is 10.6. The summed E-state index contributed by atoms with van der Waals surface area (Å²) in [5, 5.41) is 6.82. The summed E-state index contributed by atoms with van der Waals surface area (Å²) in [5.41, 5.74) is 5.44. The molecule has 166 valence electrons. The van der Waals surface area contributed by atoms with Gasteiger partial charge in [0.2, 0.25) is 5.78 Å². The van der Waals surface area contributed by atoms with Crippen molar-refractivity contribution in [3.8, 4) is 0 Å². The van der Waals surface area contributed by atoms with Crippen LogP contribution in [0.2, 0.25) is 0 Å². The molecule has 0 aliphatic heterocycles. The highest BCUT2D eigenvalue weighted by Crippen LogP contribution is 2.53. The van der Waals surface area contributed by atoms with E-state index in [9.17, 15) is 4.79 Å². The lowest BCUT2D eigenvalue weighted by atomic mass is 9.88. The molecule has 0 saturated heterocycles. The zero-order chi connectivity index (χ0) is 22.3. The molecular weight excluding hydrogens is 384 g/mol. The van der Waals surface area contributed by atoms with E-state index in [0.29, 0.717) is 5.69 Å². The standard InChI is InChI=1S/C26H36N4O/c1-5-7-8-9-21(24(31)23-11-16-29-30-23)18-26(12-13-26)17-19(3)20(4)22-10-15-28-25(22)27-14-6-2/h10-11,14-16,18,28H,5-9,12-13,17H2,1-4H3,(H,29,30)/b20-19+,21-18?,27-14?. The SMILES string of the molecule is CCC=Nc1[nH]ccc1/C(C)=C(\C)CC1(C=C(CCCCC)C(=O)c2ccn[nH]2)CC1. The smallest absolute Gasteiger partial charge is 0.206 e. The Bertz CT molecular complexity index is 955. The van der Waals surface area contributed by atoms with Crippen LogP contribution in [-0.4, -0.2) is 27.2 Å². The normalized spacial score (nSPS) is 16.6. The number of hydrogen-bond acceptors (Lipinski definition) is 3. The topological polar surface area (TPSA) is 73.9 Å². The van der Waals surface area contributed by atoms with Gasteiger partial charge in [-0.15, -0.1) is 0 Å². The zero-order valence-electron chi connectivity index (χ0n) is 19.4. The first-order chi connectivity index (χ1) is 15.0. The van der Waals surface area contributed by atoms with Gasteiger partial charge < -0.3 is 4.98 Å². The summed E-state index contributed by atoms with van der Waals surface area (Å²) in [4.78, 5) is 20.9. The summed E-state index contributed by atoms with van der Waals surface area (Å²) in [5.74, 6) is 1.02. The Kier molecular flexibility index (Phi) is 7.83. The number of hydrogen-bond donors (Lipinski definition) is 2. The van der Waals surface area contributed by atoms with E-state index in [-0.39, 0.29) is 11.2 Å². The number of ketones is 1. The van der Waals surface area contributed by atoms with Gasteiger partial charge >= 0.3 is 0 Å². The number of aliphatic imine (C=N–C) groups is 1. The largest absolute Gasteiger partial charge is 0.346 e. The van der Waals surface area contributed by atoms with Crippen molar-refractivity contribution in [2.45, 2.75) is 79.1 Å². The molecule has 1 aliphatic rings. The molecule has 0 spiro atoms. The van der Waals surface area contributed by atoms with Gasteiger partial charge in [-0.25, -0.2) is 4.99 Å². The number of nitrogens with one attached hydrogen (secondary N) is 2. The molecule has 2 aromatic heterocycles. The highest BCUT2D eigenvalue weighted by Gasteiger charge is 2.41. The van der Waals surface area contributed by atoms with Crippen LogP contribution in [0.4, 0.5) is 5.82 Å². The molecule has 5 nitrogen and oxygen atoms in total. The molecular formula is C26H36N4O. The van der Waals surface area contributed by atoms with Gasteiger partial charge in [0.05, 0.1) is 0 Å². The maximum absolute atomic E-state index is 13.1. The van der Waals surface area contributed by atoms with Gasteiger partial charge in [-0.1, -0.05) is 38.3 Å². The van der Waals surface area contributed by atoms with Crippen molar-refractivity contribution in [3.05, 3.63) is 53.0 Å². The van der Waals surface area contributed by atoms with Crippen LogP contribution in [0.25, 0.3) is 5.57 Å². The highest BCUT2D eigenvalue weighted by atomic mass is 16.1. The molecule has 1 saturated carbocycles. The lowest BCUT2D eigenvalue weighted by Gasteiger charge is -2.16. The maximum atomic E-state index is 13.1. The summed E-state index contributed by atoms with van der Waals surface area (Å²) in [6.07, 6.45) is 16.2. The summed E-state index contributed by atoms with van der Waals surface area (Å²) < 4.78 is 0. The Morgan fingerprint density at radius 1 is 1.23 bits per heavy atom. The van der Waals surface area contributed by atoms with Crippen LogP contribution in [0, 0.1) is 5.41 Å². The van der Waals surface area contributed by atoms with Crippen molar-refractivity contribution in [1.29, 1.82) is 0 Å². The van der Waals surface area contributed by atoms with Crippen molar-refractivity contribution in [1.82, 2.24) is 15.2 Å². The molecule has 0 aromatic carbocycles. The molecule has 0 radical (unpaired) electrons. The second-order valence-electron chi connectivity index (χ2n) is 8.83. The Hall–Kier alpha value is -2.69. The van der Waals surface area contributed by atoms with Crippen molar-refractivity contribution in [2.24, 2.45) is 10.4 Å². The molecule has 0 amide bonds. The summed E-state index contributed by atoms with van der Waals surface area (Å²) in [6.45, 7) is 8.68. The van der Waals surface area contributed by atoms with E-state index in [2.05, 4.69) is 60.0 Å². The number of carbonyl (C=O) groups excluding carboxylic acids is 1. The predicted octanol–water partition coefficient (Wildman–Crippen LogP) is 7.20. The van der Waals surface area contributed by atoms with Gasteiger partial charge in [-0.3, -0.25) is 9.89 Å². The molecule has 3 rings (SSSR count). The molecule has 31 heavy (non-hydrogen) atoms. The molecule has 1 aliphatic carbocycles. The van der Waals surface area contributed by atoms with Crippen LogP contribution >= 0.6 is 0 Å². The maximum Gasteiger partial charge on any atom is 0.206 e. The number of unbranched alkanes of at least 4 members (excludes halogenated alkanes) is 2. The monoisotopic (exact) mass is 420 g/mol. The second-order valence-corrected chi connectivity index (χ2v) is 8.83. The average Bonchev–Trinajstić information content (AvgIpc) is 3.16. The van der Waals surface area contributed by atoms with E-state index in [0.717, 1.165) is 62.8 Å². The number of carbonyl (C=O) groups is 1. The van der Waals surface area contributed by atoms with Gasteiger partial charge in [0.25, 0.3) is 0 Å². The molecule has 0 bridgehead atoms. The number of aromatic amines is 2. The number of allylic oxidation sites excluding steroid dienone is 4. The van der Waals surface area contributed by atoms with Crippen molar-refractivity contribution >= 4 is 23.4 Å². The van der Waals surface area contributed by atoms with Crippen LogP contribution in [0.5, 0.6) is 0 Å². The molecule has 5 heteroatoms. The number of rotatable bonds is 12. The third kappa shape index (κ3) is 5.93. The van der Waals surface area contributed by atoms with E-state index in [1.807, 2.05) is 12.4 Å². The Morgan fingerprint density at radius 3 is 2.68 bits per heavy atom. The summed E-state index contributed by atoms with van der Waals surface area (Å²) in [6, 6.07) is 3.88. The van der Waals surface area contributed by atoms with Crippen LogP contribution in [0.1, 0.15) is 95.1 Å². The number of H-pyrrole nitrogens is 2. The highest BCUT2D eigenvalue weighted by molar-refractivity contribution is 6.07. The van der Waals surface area contributed by atoms with Crippen LogP contribution in [-0.2, 0) is 0 Å². The predicted molar refractivity (Wildman–Crippen MR) is 129 cm³/mol. The quantitative estimate of drug-likeness (QED) is 0.165. The minimum Gasteiger partial charge on any atom is -0.346 e. The van der Waals surface area contributed by atoms with Gasteiger partial charge in [-0.05, 0) is 81.1 Å². The molecule has 2 N–H and O–H groups in total. The molecule has 0 atom stereocenters. The third-order valence-corrected chi connectivity index (χ3v) is 6.25. The number of nitrogens with zero attached hydrogens (tertiary/aromatic N) is 2. The average molecular weight is 421 g/mol. The fourth-order valence-corrected chi connectivity index (χ4v) is 4.12. The first-order valence-electron chi connectivity index (χ1n) is 11.6. The van der Waals surface area contributed by atoms with E-state index >= 15 is 0 Å².